The number of hydrogen-bond donors (Lipinski definition) is 4. The number of aliphatic hydroxyl groups is 1. The first-order valence-corrected chi connectivity index (χ1v) is 11.5. The van der Waals surface area contributed by atoms with Crippen LogP contribution >= 0.6 is 0 Å². The second-order valence-corrected chi connectivity index (χ2v) is 9.26. The molecule has 194 valence electrons. The van der Waals surface area contributed by atoms with Crippen LogP contribution in [0.5, 0.6) is 0 Å². The van der Waals surface area contributed by atoms with Gasteiger partial charge in [-0.25, -0.2) is 10.3 Å². The molecule has 4 rings (SSSR count). The smallest absolute Gasteiger partial charge is 0.475 e. The fourth-order valence-corrected chi connectivity index (χ4v) is 4.94. The van der Waals surface area contributed by atoms with E-state index in [1.165, 1.54) is 0 Å². The summed E-state index contributed by atoms with van der Waals surface area (Å²) < 4.78 is 31.7. The molecule has 1 heterocycles. The molecule has 0 spiro atoms. The van der Waals surface area contributed by atoms with Crippen molar-refractivity contribution in [3.8, 4) is 0 Å². The van der Waals surface area contributed by atoms with Crippen LogP contribution in [0.3, 0.4) is 0 Å². The number of carboxylic acids is 1. The molecule has 0 unspecified atom stereocenters. The van der Waals surface area contributed by atoms with Crippen LogP contribution in [0.15, 0.2) is 30.3 Å². The molecule has 4 N–H and O–H groups in total. The summed E-state index contributed by atoms with van der Waals surface area (Å²) in [7, 11) is 0. The Morgan fingerprint density at radius 3 is 2.03 bits per heavy atom. The van der Waals surface area contributed by atoms with Crippen molar-refractivity contribution >= 4 is 23.5 Å². The first-order valence-electron chi connectivity index (χ1n) is 11.5. The highest BCUT2D eigenvalue weighted by atomic mass is 19.4. The Balaban J connectivity index is 0.000000429. The molecule has 2 aliphatic carbocycles. The number of rotatable bonds is 4. The summed E-state index contributed by atoms with van der Waals surface area (Å²) in [5, 5.41) is 27.2. The summed E-state index contributed by atoms with van der Waals surface area (Å²) in [6, 6.07) is 10.1. The van der Waals surface area contributed by atoms with Crippen molar-refractivity contribution in [1.29, 1.82) is 0 Å². The number of hydroxylamine groups is 1. The van der Waals surface area contributed by atoms with E-state index in [1.54, 1.807) is 5.48 Å². The fourth-order valence-electron chi connectivity index (χ4n) is 4.94. The van der Waals surface area contributed by atoms with Gasteiger partial charge in [0.1, 0.15) is 0 Å². The van der Waals surface area contributed by atoms with Gasteiger partial charge in [-0.2, -0.15) is 13.2 Å². The molecule has 3 aliphatic rings. The maximum absolute atomic E-state index is 13.2. The normalized spacial score (nSPS) is 26.9. The second-order valence-electron chi connectivity index (χ2n) is 9.26. The molecule has 0 aromatic heterocycles. The summed E-state index contributed by atoms with van der Waals surface area (Å²) in [4.78, 5) is 38.5. The number of alkyl halides is 3. The van der Waals surface area contributed by atoms with Gasteiger partial charge in [0.15, 0.2) is 0 Å². The van der Waals surface area contributed by atoms with Crippen molar-refractivity contribution in [3.63, 3.8) is 0 Å². The van der Waals surface area contributed by atoms with Gasteiger partial charge in [0.2, 0.25) is 11.8 Å². The molecule has 0 bridgehead atoms. The number of benzene rings is 1. The Morgan fingerprint density at radius 1 is 0.971 bits per heavy atom. The van der Waals surface area contributed by atoms with Crippen molar-refractivity contribution in [2.45, 2.75) is 43.9 Å². The molecule has 2 amide bonds. The van der Waals surface area contributed by atoms with Crippen molar-refractivity contribution in [1.82, 2.24) is 10.4 Å². The van der Waals surface area contributed by atoms with E-state index in [2.05, 4.69) is 17.0 Å². The zero-order valence-electron chi connectivity index (χ0n) is 19.1. The SMILES string of the molecule is O=C(NO)[C@H]1C[C@@](O)(C2CC2)CC[C@@H]1C(=O)N1CCN(c2ccccc2)CC1.O=C(O)C(F)(F)F. The predicted octanol–water partition coefficient (Wildman–Crippen LogP) is 2.03. The molecule has 1 saturated heterocycles. The minimum absolute atomic E-state index is 0.0286. The number of halogens is 3. The second kappa shape index (κ2) is 10.8. The van der Waals surface area contributed by atoms with E-state index in [4.69, 9.17) is 15.1 Å². The Labute approximate surface area is 200 Å². The minimum atomic E-state index is -5.08. The van der Waals surface area contributed by atoms with E-state index in [0.29, 0.717) is 25.9 Å². The molecule has 9 nitrogen and oxygen atoms in total. The number of piperazine rings is 1. The fraction of sp³-hybridized carbons (Fsp3) is 0.609. The highest BCUT2D eigenvalue weighted by molar-refractivity contribution is 5.87. The molecule has 0 radical (unpaired) electrons. The van der Waals surface area contributed by atoms with Crippen molar-refractivity contribution in [2.24, 2.45) is 17.8 Å². The average Bonchev–Trinajstić information content (AvgIpc) is 3.70. The molecular weight excluding hydrogens is 471 g/mol. The number of carboxylic acid groups (broad SMARTS) is 1. The van der Waals surface area contributed by atoms with E-state index < -0.39 is 35.5 Å². The van der Waals surface area contributed by atoms with E-state index in [9.17, 15) is 27.9 Å². The van der Waals surface area contributed by atoms with E-state index in [-0.39, 0.29) is 18.2 Å². The van der Waals surface area contributed by atoms with Crippen LogP contribution in [0.1, 0.15) is 32.1 Å². The summed E-state index contributed by atoms with van der Waals surface area (Å²) in [5.41, 5.74) is 2.00. The third-order valence-electron chi connectivity index (χ3n) is 7.00. The Kier molecular flexibility index (Phi) is 8.26. The van der Waals surface area contributed by atoms with E-state index >= 15 is 0 Å². The van der Waals surface area contributed by atoms with Crippen molar-refractivity contribution in [3.05, 3.63) is 30.3 Å². The molecule has 1 aromatic carbocycles. The number of amides is 2. The van der Waals surface area contributed by atoms with Gasteiger partial charge in [0.05, 0.1) is 17.4 Å². The van der Waals surface area contributed by atoms with E-state index in [1.807, 2.05) is 23.1 Å². The summed E-state index contributed by atoms with van der Waals surface area (Å²) in [5.74, 6) is -4.27. The number of carbonyl (C=O) groups is 3. The van der Waals surface area contributed by atoms with Gasteiger partial charge in [0, 0.05) is 31.9 Å². The van der Waals surface area contributed by atoms with Gasteiger partial charge in [0.25, 0.3) is 0 Å². The predicted molar refractivity (Wildman–Crippen MR) is 117 cm³/mol. The number of para-hydroxylation sites is 1. The van der Waals surface area contributed by atoms with Crippen LogP contribution in [0.2, 0.25) is 0 Å². The summed E-state index contributed by atoms with van der Waals surface area (Å²) in [6.45, 7) is 2.74. The Hall–Kier alpha value is -2.86. The molecule has 2 saturated carbocycles. The third kappa shape index (κ3) is 6.63. The molecule has 3 atom stereocenters. The quantitative estimate of drug-likeness (QED) is 0.367. The highest BCUT2D eigenvalue weighted by Crippen LogP contribution is 2.50. The number of carbonyl (C=O) groups excluding carboxylic acids is 2. The maximum atomic E-state index is 13.2. The zero-order chi connectivity index (χ0) is 25.8. The molecule has 1 aliphatic heterocycles. The Bertz CT molecular complexity index is 904. The lowest BCUT2D eigenvalue weighted by Gasteiger charge is -2.43. The molecular formula is C23H30F3N3O6. The molecule has 12 heteroatoms. The third-order valence-corrected chi connectivity index (χ3v) is 7.00. The van der Waals surface area contributed by atoms with E-state index in [0.717, 1.165) is 31.6 Å². The lowest BCUT2D eigenvalue weighted by atomic mass is 9.69. The van der Waals surface area contributed by atoms with Gasteiger partial charge >= 0.3 is 12.1 Å². The number of nitrogens with one attached hydrogen (secondary N) is 1. The van der Waals surface area contributed by atoms with Crippen LogP contribution in [-0.4, -0.2) is 76.1 Å². The maximum Gasteiger partial charge on any atom is 0.490 e. The summed E-state index contributed by atoms with van der Waals surface area (Å²) >= 11 is 0. The van der Waals surface area contributed by atoms with Crippen molar-refractivity contribution in [2.75, 3.05) is 31.1 Å². The lowest BCUT2D eigenvalue weighted by molar-refractivity contribution is -0.192. The molecule has 1 aromatic rings. The van der Waals surface area contributed by atoms with Crippen molar-refractivity contribution < 1.29 is 43.0 Å². The Morgan fingerprint density at radius 2 is 1.54 bits per heavy atom. The highest BCUT2D eigenvalue weighted by Gasteiger charge is 2.52. The average molecular weight is 502 g/mol. The standard InChI is InChI=1S/C21H29N3O4.C2HF3O2/c25-19(22-28)18-14-21(27,15-6-7-15)9-8-17(18)20(26)24-12-10-23(11-13-24)16-4-2-1-3-5-16;3-2(4,5)1(6)7/h1-5,15,17-18,27-28H,6-14H2,(H,22,25);(H,6,7)/t17-,18-,21+;/m0./s1. The molecule has 3 fully saturated rings. The van der Waals surface area contributed by atoms with Crippen LogP contribution in [0.4, 0.5) is 18.9 Å². The zero-order valence-corrected chi connectivity index (χ0v) is 19.1. The first kappa shape index (κ1) is 26.7. The topological polar surface area (TPSA) is 130 Å². The van der Waals surface area contributed by atoms with Gasteiger partial charge in [-0.05, 0) is 50.2 Å². The minimum Gasteiger partial charge on any atom is -0.475 e. The number of aliphatic carboxylic acids is 1. The monoisotopic (exact) mass is 501 g/mol. The van der Waals surface area contributed by atoms with Crippen LogP contribution in [0.25, 0.3) is 0 Å². The number of nitrogens with zero attached hydrogens (tertiary/aromatic N) is 2. The van der Waals surface area contributed by atoms with Gasteiger partial charge < -0.3 is 20.0 Å². The number of anilines is 1. The number of hydrogen-bond acceptors (Lipinski definition) is 6. The van der Waals surface area contributed by atoms with Gasteiger partial charge in [-0.3, -0.25) is 14.8 Å². The van der Waals surface area contributed by atoms with Gasteiger partial charge in [-0.15, -0.1) is 0 Å². The first-order chi connectivity index (χ1) is 16.5. The van der Waals surface area contributed by atoms with Crippen LogP contribution < -0.4 is 10.4 Å². The lowest BCUT2D eigenvalue weighted by Crippen LogP contribution is -2.55. The van der Waals surface area contributed by atoms with Gasteiger partial charge in [-0.1, -0.05) is 18.2 Å². The summed E-state index contributed by atoms with van der Waals surface area (Å²) in [6.07, 6.45) is -1.84. The largest absolute Gasteiger partial charge is 0.490 e. The van der Waals surface area contributed by atoms with Crippen LogP contribution in [0, 0.1) is 17.8 Å². The van der Waals surface area contributed by atoms with Crippen LogP contribution in [-0.2, 0) is 14.4 Å². The molecule has 35 heavy (non-hydrogen) atoms.